The Balaban J connectivity index is 3.57. The summed E-state index contributed by atoms with van der Waals surface area (Å²) < 4.78 is 10.1. The van der Waals surface area contributed by atoms with Gasteiger partial charge in [0, 0.05) is 11.6 Å². The van der Waals surface area contributed by atoms with E-state index >= 15 is 0 Å². The van der Waals surface area contributed by atoms with Gasteiger partial charge in [-0.05, 0) is 19.3 Å². The second-order valence-corrected chi connectivity index (χ2v) is 6.10. The summed E-state index contributed by atoms with van der Waals surface area (Å²) in [7, 11) is 0. The lowest BCUT2D eigenvalue weighted by Crippen LogP contribution is -2.20. The average molecular weight is 340 g/mol. The molecule has 24 heavy (non-hydrogen) atoms. The third kappa shape index (κ3) is 4.18. The van der Waals surface area contributed by atoms with Gasteiger partial charge in [0.1, 0.15) is 5.56 Å². The molecular formula is C15H20N2O7. The van der Waals surface area contributed by atoms with Crippen LogP contribution in [0.4, 0.5) is 11.4 Å². The zero-order chi connectivity index (χ0) is 18.7. The predicted molar refractivity (Wildman–Crippen MR) is 85.3 cm³/mol. The van der Waals surface area contributed by atoms with Crippen molar-refractivity contribution in [1.29, 1.82) is 0 Å². The zero-order valence-corrected chi connectivity index (χ0v) is 14.2. The fourth-order valence-corrected chi connectivity index (χ4v) is 2.18. The van der Waals surface area contributed by atoms with E-state index in [0.717, 1.165) is 0 Å². The van der Waals surface area contributed by atoms with Crippen LogP contribution in [0.1, 0.15) is 38.8 Å². The summed E-state index contributed by atoms with van der Waals surface area (Å²) in [6, 6.07) is 1.25. The van der Waals surface area contributed by atoms with Crippen LogP contribution in [-0.2, 0) is 14.9 Å². The van der Waals surface area contributed by atoms with E-state index in [4.69, 9.17) is 9.47 Å². The summed E-state index contributed by atoms with van der Waals surface area (Å²) in [6.45, 7) is 7.74. The standard InChI is InChI=1S/C15H20N2O7/c1-6-23-12(18)8-24-14-10(15(3,4)5)7-11(16(19)20)9(2)13(14)17(21)22/h7H,6,8H2,1-5H3. The summed E-state index contributed by atoms with van der Waals surface area (Å²) in [5.41, 5.74) is -1.41. The Bertz CT molecular complexity index is 677. The molecule has 0 spiro atoms. The second kappa shape index (κ2) is 7.24. The van der Waals surface area contributed by atoms with Gasteiger partial charge in [-0.2, -0.15) is 0 Å². The summed E-state index contributed by atoms with van der Waals surface area (Å²) >= 11 is 0. The van der Waals surface area contributed by atoms with Crippen LogP contribution < -0.4 is 4.74 Å². The number of carbonyl (C=O) groups excluding carboxylic acids is 1. The highest BCUT2D eigenvalue weighted by Gasteiger charge is 2.35. The number of ether oxygens (including phenoxy) is 2. The van der Waals surface area contributed by atoms with E-state index in [0.29, 0.717) is 0 Å². The van der Waals surface area contributed by atoms with Crippen molar-refractivity contribution in [3.05, 3.63) is 37.4 Å². The summed E-state index contributed by atoms with van der Waals surface area (Å²) in [6.07, 6.45) is 0. The van der Waals surface area contributed by atoms with Crippen molar-refractivity contribution in [3.63, 3.8) is 0 Å². The molecule has 1 rings (SSSR count). The number of hydrogen-bond acceptors (Lipinski definition) is 7. The van der Waals surface area contributed by atoms with Crippen LogP contribution in [0.2, 0.25) is 0 Å². The lowest BCUT2D eigenvalue weighted by molar-refractivity contribution is -0.396. The molecular weight excluding hydrogens is 320 g/mol. The van der Waals surface area contributed by atoms with Crippen molar-refractivity contribution in [2.45, 2.75) is 40.0 Å². The third-order valence-corrected chi connectivity index (χ3v) is 3.31. The number of carbonyl (C=O) groups is 1. The topological polar surface area (TPSA) is 122 Å². The van der Waals surface area contributed by atoms with Crippen molar-refractivity contribution >= 4 is 17.3 Å². The van der Waals surface area contributed by atoms with Crippen LogP contribution >= 0.6 is 0 Å². The first kappa shape index (κ1) is 19.3. The molecule has 132 valence electrons. The lowest BCUT2D eigenvalue weighted by Gasteiger charge is -2.23. The van der Waals surface area contributed by atoms with Crippen LogP contribution in [0.25, 0.3) is 0 Å². The zero-order valence-electron chi connectivity index (χ0n) is 14.2. The molecule has 0 saturated carbocycles. The van der Waals surface area contributed by atoms with Crippen molar-refractivity contribution in [2.24, 2.45) is 0 Å². The minimum atomic E-state index is -0.738. The maximum absolute atomic E-state index is 11.5. The first-order chi connectivity index (χ1) is 11.0. The van der Waals surface area contributed by atoms with Crippen LogP contribution in [0.3, 0.4) is 0 Å². The van der Waals surface area contributed by atoms with Crippen molar-refractivity contribution in [2.75, 3.05) is 13.2 Å². The average Bonchev–Trinajstić information content (AvgIpc) is 2.42. The van der Waals surface area contributed by atoms with E-state index < -0.39 is 33.5 Å². The molecule has 0 fully saturated rings. The molecule has 0 saturated heterocycles. The molecule has 0 heterocycles. The summed E-state index contributed by atoms with van der Waals surface area (Å²) in [5, 5.41) is 22.7. The Morgan fingerprint density at radius 2 is 1.79 bits per heavy atom. The molecule has 9 heteroatoms. The first-order valence-corrected chi connectivity index (χ1v) is 7.26. The summed E-state index contributed by atoms with van der Waals surface area (Å²) in [5.74, 6) is -0.827. The van der Waals surface area contributed by atoms with Gasteiger partial charge in [0.15, 0.2) is 6.61 Å². The van der Waals surface area contributed by atoms with Crippen LogP contribution in [0.15, 0.2) is 6.07 Å². The fourth-order valence-electron chi connectivity index (χ4n) is 2.18. The van der Waals surface area contributed by atoms with Gasteiger partial charge in [0.05, 0.1) is 16.5 Å². The quantitative estimate of drug-likeness (QED) is 0.443. The minimum absolute atomic E-state index is 0.128. The number of nitro benzene ring substituents is 2. The van der Waals surface area contributed by atoms with Crippen LogP contribution in [-0.4, -0.2) is 29.0 Å². The largest absolute Gasteiger partial charge is 0.475 e. The molecule has 9 nitrogen and oxygen atoms in total. The molecule has 1 aromatic rings. The molecule has 0 atom stereocenters. The highest BCUT2D eigenvalue weighted by Crippen LogP contribution is 2.44. The van der Waals surface area contributed by atoms with E-state index in [1.807, 2.05) is 0 Å². The molecule has 0 bridgehead atoms. The van der Waals surface area contributed by atoms with Crippen LogP contribution in [0.5, 0.6) is 5.75 Å². The number of nitro groups is 2. The Morgan fingerprint density at radius 3 is 2.21 bits per heavy atom. The third-order valence-electron chi connectivity index (χ3n) is 3.31. The van der Waals surface area contributed by atoms with E-state index in [-0.39, 0.29) is 29.2 Å². The molecule has 0 aromatic heterocycles. The molecule has 1 aromatic carbocycles. The molecule has 0 unspecified atom stereocenters. The van der Waals surface area contributed by atoms with Gasteiger partial charge >= 0.3 is 11.7 Å². The normalized spacial score (nSPS) is 11.0. The second-order valence-electron chi connectivity index (χ2n) is 6.10. The Kier molecular flexibility index (Phi) is 5.83. The smallest absolute Gasteiger partial charge is 0.344 e. The van der Waals surface area contributed by atoms with E-state index in [1.54, 1.807) is 27.7 Å². The lowest BCUT2D eigenvalue weighted by atomic mass is 9.84. The van der Waals surface area contributed by atoms with Gasteiger partial charge in [-0.25, -0.2) is 4.79 Å². The van der Waals surface area contributed by atoms with Gasteiger partial charge in [0.2, 0.25) is 5.75 Å². The molecule has 0 radical (unpaired) electrons. The first-order valence-electron chi connectivity index (χ1n) is 7.26. The SMILES string of the molecule is CCOC(=O)COc1c(C(C)(C)C)cc([N+](=O)[O-])c(C)c1[N+](=O)[O-]. The number of rotatable bonds is 6. The minimum Gasteiger partial charge on any atom is -0.475 e. The van der Waals surface area contributed by atoms with Crippen molar-refractivity contribution in [3.8, 4) is 5.75 Å². The summed E-state index contributed by atoms with van der Waals surface area (Å²) in [4.78, 5) is 32.7. The predicted octanol–water partition coefficient (Wildman–Crippen LogP) is 3.05. The molecule has 0 N–H and O–H groups in total. The van der Waals surface area contributed by atoms with E-state index in [2.05, 4.69) is 0 Å². The Hall–Kier alpha value is -2.71. The van der Waals surface area contributed by atoms with Gasteiger partial charge in [0.25, 0.3) is 5.69 Å². The highest BCUT2D eigenvalue weighted by molar-refractivity contribution is 5.72. The Morgan fingerprint density at radius 1 is 1.21 bits per heavy atom. The van der Waals surface area contributed by atoms with E-state index in [9.17, 15) is 25.0 Å². The van der Waals surface area contributed by atoms with E-state index in [1.165, 1.54) is 13.0 Å². The van der Waals surface area contributed by atoms with Crippen molar-refractivity contribution < 1.29 is 24.1 Å². The number of hydrogen-bond donors (Lipinski definition) is 0. The highest BCUT2D eigenvalue weighted by atomic mass is 16.6. The molecule has 0 aliphatic heterocycles. The maximum Gasteiger partial charge on any atom is 0.344 e. The van der Waals surface area contributed by atoms with Crippen LogP contribution in [0, 0.1) is 27.2 Å². The molecule has 0 amide bonds. The number of benzene rings is 1. The van der Waals surface area contributed by atoms with Gasteiger partial charge < -0.3 is 9.47 Å². The number of esters is 1. The fraction of sp³-hybridized carbons (Fsp3) is 0.533. The maximum atomic E-state index is 11.5. The Labute approximate surface area is 138 Å². The van der Waals surface area contributed by atoms with Gasteiger partial charge in [-0.1, -0.05) is 20.8 Å². The molecule has 0 aliphatic carbocycles. The van der Waals surface area contributed by atoms with Gasteiger partial charge in [-0.15, -0.1) is 0 Å². The van der Waals surface area contributed by atoms with Crippen molar-refractivity contribution in [1.82, 2.24) is 0 Å². The monoisotopic (exact) mass is 340 g/mol. The molecule has 0 aliphatic rings. The van der Waals surface area contributed by atoms with Gasteiger partial charge in [-0.3, -0.25) is 20.2 Å². The number of nitrogens with zero attached hydrogens (tertiary/aromatic N) is 2.